The van der Waals surface area contributed by atoms with Crippen LogP contribution >= 0.6 is 0 Å². The lowest BCUT2D eigenvalue weighted by Crippen LogP contribution is -2.57. The summed E-state index contributed by atoms with van der Waals surface area (Å²) in [7, 11) is -7.26. The van der Waals surface area contributed by atoms with Gasteiger partial charge in [-0.05, 0) is 130 Å². The van der Waals surface area contributed by atoms with Gasteiger partial charge < -0.3 is 77.2 Å². The maximum Gasteiger partial charge on any atom is 0.303 e. The maximum atomic E-state index is 14.4. The molecule has 3 aliphatic rings. The van der Waals surface area contributed by atoms with E-state index in [1.54, 1.807) is 56.3 Å². The normalized spacial score (nSPS) is 15.8. The number of carboxylic acid groups (broad SMARTS) is 5. The first-order valence-corrected chi connectivity index (χ1v) is 42.3. The summed E-state index contributed by atoms with van der Waals surface area (Å²) >= 11 is 0. The smallest absolute Gasteiger partial charge is 0.303 e. The van der Waals surface area contributed by atoms with Gasteiger partial charge in [0, 0.05) is 124 Å². The van der Waals surface area contributed by atoms with Crippen LogP contribution in [0.4, 0.5) is 11.4 Å². The van der Waals surface area contributed by atoms with E-state index in [0.29, 0.717) is 58.8 Å². The zero-order chi connectivity index (χ0) is 90.9. The number of rotatable bonds is 54. The molecule has 0 saturated heterocycles. The van der Waals surface area contributed by atoms with Crippen LogP contribution in [0.1, 0.15) is 167 Å². The third-order valence-electron chi connectivity index (χ3n) is 20.3. The van der Waals surface area contributed by atoms with Crippen molar-refractivity contribution < 1.29 is 128 Å². The Morgan fingerprint density at radius 1 is 0.553 bits per heavy atom. The maximum absolute atomic E-state index is 14.4. The van der Waals surface area contributed by atoms with E-state index < -0.39 is 234 Å². The summed E-state index contributed by atoms with van der Waals surface area (Å²) in [4.78, 5) is 207. The molecule has 0 unspecified atom stereocenters. The number of anilines is 1. The number of carbonyl (C=O) groups is 15. The summed E-state index contributed by atoms with van der Waals surface area (Å²) in [5, 5.41) is 69.4. The highest BCUT2D eigenvalue weighted by molar-refractivity contribution is 7.85. The molecular weight excluding hydrogens is 1650 g/mol. The number of fused-ring (bicyclic) bond motifs is 2. The number of carboxylic acids is 5. The molecule has 666 valence electrons. The predicted octanol–water partition coefficient (Wildman–Crippen LogP) is 4.07. The molecule has 0 aliphatic carbocycles. The van der Waals surface area contributed by atoms with Crippen molar-refractivity contribution >= 4 is 132 Å². The van der Waals surface area contributed by atoms with Gasteiger partial charge in [-0.15, -0.1) is 0 Å². The number of ketones is 1. The number of imide groups is 1. The SMILES string of the molecule is CCOCCNC(=O)[C@H](Cc1ccc(/C(C)=N/OCCNC(=O)CCCCCN2/C(=C/C=C/C=C/C=C/C3=Nc4ccc([SH](=O)=O)cc4C3(C)C)C(C)(C)c3cc(S(=O)(=O)O)ccc32)cc1)NC(=O)[C@@H](CCC(=O)O)NC(=O)[C@@H](CCC(=O)O)NC(=O)[C@@H](CCC(=O)O)CC(=O)[C@@H](CCC(=O)O)NC(=O)[C@@H](CCC(=O)O)NC(=O)CCN1C(=O)C=CC1=O. The monoisotopic (exact) mass is 1750 g/mol. The Morgan fingerprint density at radius 2 is 1.10 bits per heavy atom. The lowest BCUT2D eigenvalue weighted by atomic mass is 9.81. The Bertz CT molecular complexity index is 4850. The van der Waals surface area contributed by atoms with Gasteiger partial charge in [0.05, 0.1) is 46.1 Å². The summed E-state index contributed by atoms with van der Waals surface area (Å²) in [5.41, 5.74) is 4.82. The summed E-state index contributed by atoms with van der Waals surface area (Å²) < 4.78 is 63.1. The number of aliphatic carboxylic acids is 5. The van der Waals surface area contributed by atoms with Crippen molar-refractivity contribution in [2.45, 2.75) is 202 Å². The number of amides is 9. The van der Waals surface area contributed by atoms with Gasteiger partial charge in [0.25, 0.3) is 21.9 Å². The van der Waals surface area contributed by atoms with Gasteiger partial charge in [-0.1, -0.05) is 93.9 Å². The van der Waals surface area contributed by atoms with Crippen LogP contribution in [0, 0.1) is 5.92 Å². The van der Waals surface area contributed by atoms with E-state index in [1.807, 2.05) is 70.2 Å². The van der Waals surface area contributed by atoms with Crippen molar-refractivity contribution in [2.75, 3.05) is 50.9 Å². The second-order valence-electron chi connectivity index (χ2n) is 30.1. The molecular formula is C83H105N11O27S2. The molecule has 9 amide bonds. The Morgan fingerprint density at radius 3 is 1.68 bits per heavy atom. The fourth-order valence-electron chi connectivity index (χ4n) is 13.5. The number of carbonyl (C=O) groups excluding carboxylic acids is 10. The molecule has 40 heteroatoms. The number of unbranched alkanes of at least 4 members (excludes halogenated alkanes) is 2. The zero-order valence-corrected chi connectivity index (χ0v) is 70.5. The van der Waals surface area contributed by atoms with Gasteiger partial charge >= 0.3 is 29.8 Å². The molecule has 3 aromatic carbocycles. The van der Waals surface area contributed by atoms with Crippen LogP contribution in [-0.4, -0.2) is 228 Å². The number of Topliss-reactive ketones (excluding diaryl/α,β-unsaturated/α-hetero) is 1. The van der Waals surface area contributed by atoms with Gasteiger partial charge in [0.1, 0.15) is 30.8 Å². The third-order valence-corrected chi connectivity index (χ3v) is 21.8. The van der Waals surface area contributed by atoms with Gasteiger partial charge in [-0.25, -0.2) is 8.42 Å². The zero-order valence-electron chi connectivity index (χ0n) is 68.8. The van der Waals surface area contributed by atoms with Crippen LogP contribution in [0.15, 0.2) is 141 Å². The fraction of sp³-hybridized carbons (Fsp3) is 0.458. The molecule has 3 aromatic rings. The van der Waals surface area contributed by atoms with E-state index in [-0.39, 0.29) is 61.4 Å². The number of hydrogen-bond donors (Lipinski definition) is 14. The number of aliphatic imine (C=N–C) groups is 1. The van der Waals surface area contributed by atoms with E-state index in [1.165, 1.54) is 18.2 Å². The van der Waals surface area contributed by atoms with Crippen molar-refractivity contribution in [3.05, 3.63) is 143 Å². The minimum absolute atomic E-state index is 0.0130. The first-order valence-electron chi connectivity index (χ1n) is 39.6. The van der Waals surface area contributed by atoms with Crippen molar-refractivity contribution in [3.8, 4) is 0 Å². The first kappa shape index (κ1) is 99.4. The minimum Gasteiger partial charge on any atom is -0.481 e. The quantitative estimate of drug-likeness (QED) is 0.00720. The predicted molar refractivity (Wildman–Crippen MR) is 444 cm³/mol. The van der Waals surface area contributed by atoms with Crippen molar-refractivity contribution in [1.82, 2.24) is 42.1 Å². The molecule has 0 saturated carbocycles. The van der Waals surface area contributed by atoms with Crippen molar-refractivity contribution in [3.63, 3.8) is 0 Å². The number of thiol groups is 1. The molecule has 38 nitrogen and oxygen atoms in total. The summed E-state index contributed by atoms with van der Waals surface area (Å²) in [6.07, 6.45) is 7.80. The molecule has 0 radical (unpaired) electrons. The van der Waals surface area contributed by atoms with E-state index in [0.717, 1.165) is 34.8 Å². The third kappa shape index (κ3) is 31.5. The highest BCUT2D eigenvalue weighted by Gasteiger charge is 2.42. The van der Waals surface area contributed by atoms with Gasteiger partial charge in [0.15, 0.2) is 16.5 Å². The minimum atomic E-state index is -4.51. The molecule has 0 fully saturated rings. The number of nitrogens with one attached hydrogen (secondary N) is 7. The average Bonchev–Trinajstić information content (AvgIpc) is 1.59. The van der Waals surface area contributed by atoms with E-state index in [2.05, 4.69) is 47.3 Å². The molecule has 3 heterocycles. The molecule has 0 aromatic heterocycles. The number of nitrogens with zero attached hydrogens (tertiary/aromatic N) is 4. The molecule has 13 N–H and O–H groups in total. The second-order valence-corrected chi connectivity index (χ2v) is 32.5. The van der Waals surface area contributed by atoms with Crippen LogP contribution in [0.3, 0.4) is 0 Å². The van der Waals surface area contributed by atoms with Crippen LogP contribution in [-0.2, 0) is 120 Å². The highest BCUT2D eigenvalue weighted by atomic mass is 32.2. The van der Waals surface area contributed by atoms with Gasteiger partial charge in [-0.3, -0.25) is 86.4 Å². The van der Waals surface area contributed by atoms with Crippen LogP contribution in [0.2, 0.25) is 0 Å². The average molecular weight is 1750 g/mol. The first-order chi connectivity index (χ1) is 58.1. The number of hydrogen-bond acceptors (Lipinski definition) is 24. The molecule has 0 bridgehead atoms. The molecule has 6 atom stereocenters. The fourth-order valence-corrected chi connectivity index (χ4v) is 14.4. The topological polar surface area (TPSA) is 580 Å². The second kappa shape index (κ2) is 47.7. The van der Waals surface area contributed by atoms with Crippen LogP contribution in [0.25, 0.3) is 0 Å². The number of allylic oxidation sites excluding steroid dienone is 8. The number of ether oxygens (including phenoxy) is 1. The lowest BCUT2D eigenvalue weighted by Gasteiger charge is -2.27. The Balaban J connectivity index is 1.05. The van der Waals surface area contributed by atoms with Crippen molar-refractivity contribution in [2.24, 2.45) is 16.1 Å². The van der Waals surface area contributed by atoms with E-state index >= 15 is 0 Å². The standard InChI is InChI=1S/C83H105N11O27S2/c1-7-120-44-40-85-78(111)63(91-81(114)62(30-38-76(108)109)90-80(113)61(29-37-75(106)107)89-77(110)53(23-34-72(100)101)47-65(95)59(27-35-73(102)103)88-79(112)60(28-36-74(104)105)87-69(97)39-43-94-70(98)32-33-71(94)99)46-51-19-21-52(22-20-51)50(2)92-121-45-41-84-68(96)18-14-11-15-42-93-64-31-25-55(123(117,118)119)49-57(64)83(5,6)67(93)17-13-10-8-9-12-16-66-82(3,4)56-48-54(122(115)116)24-26-58(56)86-66/h8-10,12-13,16-17,19-22,24-26,31-33,48-49,53,59-63,122H,7,11,14-15,18,23,27-30,34-47H2,1-6H3,(H,84,96)(H,85,111)(H,87,97)(H,88,112)(H,89,110)(H,90,113)(H,91,114)(H,100,101)(H,102,103)(H,104,105)(H,106,107)(H,108,109)(H,117,118,119)/b9-8+,13-10+,16-12+,67-17+,92-50+/t53-,59+,60+,61+,62+,63-/m0/s1. The van der Waals surface area contributed by atoms with Crippen molar-refractivity contribution in [1.29, 1.82) is 0 Å². The van der Waals surface area contributed by atoms with Crippen LogP contribution in [0.5, 0.6) is 0 Å². The molecule has 3 aliphatic heterocycles. The van der Waals surface area contributed by atoms with Gasteiger partial charge in [-0.2, -0.15) is 8.42 Å². The molecule has 123 heavy (non-hydrogen) atoms. The Kier molecular flexibility index (Phi) is 38.5. The van der Waals surface area contributed by atoms with E-state index in [9.17, 15) is 119 Å². The van der Waals surface area contributed by atoms with Crippen LogP contribution < -0.4 is 42.1 Å². The van der Waals surface area contributed by atoms with E-state index in [4.69, 9.17) is 14.6 Å². The number of benzene rings is 3. The number of oxime groups is 1. The summed E-state index contributed by atoms with van der Waals surface area (Å²) in [5.74, 6) is -18.6. The van der Waals surface area contributed by atoms with Gasteiger partial charge in [0.2, 0.25) is 41.4 Å². The lowest BCUT2D eigenvalue weighted by molar-refractivity contribution is -0.141. The molecule has 6 rings (SSSR count). The highest BCUT2D eigenvalue weighted by Crippen LogP contribution is 2.49. The Labute approximate surface area is 711 Å². The largest absolute Gasteiger partial charge is 0.481 e. The summed E-state index contributed by atoms with van der Waals surface area (Å²) in [6, 6.07) is 7.09. The Hall–Kier alpha value is -12.4. The summed E-state index contributed by atoms with van der Waals surface area (Å²) in [6.45, 7) is 11.7. The molecule has 0 spiro atoms.